The molecule has 0 fully saturated rings. The molecule has 1 aliphatic rings. The van der Waals surface area contributed by atoms with Gasteiger partial charge in [-0.25, -0.2) is 8.78 Å². The zero-order chi connectivity index (χ0) is 6.69. The maximum atomic E-state index is 12.3. The van der Waals surface area contributed by atoms with E-state index in [9.17, 15) is 8.78 Å². The molecule has 0 aromatic rings. The summed E-state index contributed by atoms with van der Waals surface area (Å²) in [7, 11) is 0. The quantitative estimate of drug-likeness (QED) is 0.469. The summed E-state index contributed by atoms with van der Waals surface area (Å²) in [5, 5.41) is 0. The molecule has 1 unspecified atom stereocenters. The van der Waals surface area contributed by atoms with E-state index in [1.165, 1.54) is 24.3 Å². The molecular formula is C7H6F2. The Morgan fingerprint density at radius 2 is 2.11 bits per heavy atom. The molecule has 0 saturated heterocycles. The van der Waals surface area contributed by atoms with Crippen LogP contribution in [-0.2, 0) is 0 Å². The lowest BCUT2D eigenvalue weighted by Gasteiger charge is -1.88. The van der Waals surface area contributed by atoms with Crippen LogP contribution in [0, 0.1) is 0 Å². The highest BCUT2D eigenvalue weighted by Crippen LogP contribution is 2.08. The fraction of sp³-hybridized carbons (Fsp3) is 0.143. The van der Waals surface area contributed by atoms with Gasteiger partial charge in [-0.3, -0.25) is 0 Å². The summed E-state index contributed by atoms with van der Waals surface area (Å²) >= 11 is 0. The molecule has 0 N–H and O–H groups in total. The van der Waals surface area contributed by atoms with Crippen molar-refractivity contribution in [3.05, 3.63) is 36.2 Å². The van der Waals surface area contributed by atoms with Crippen LogP contribution in [0.1, 0.15) is 0 Å². The molecule has 0 nitrogen and oxygen atoms in total. The van der Waals surface area contributed by atoms with Gasteiger partial charge in [0.05, 0.1) is 0 Å². The molecule has 9 heavy (non-hydrogen) atoms. The van der Waals surface area contributed by atoms with Crippen LogP contribution < -0.4 is 0 Å². The maximum Gasteiger partial charge on any atom is 0.140 e. The van der Waals surface area contributed by atoms with E-state index in [0.717, 1.165) is 6.08 Å². The van der Waals surface area contributed by atoms with Crippen molar-refractivity contribution in [2.24, 2.45) is 0 Å². The fourth-order valence-electron chi connectivity index (χ4n) is 0.581. The van der Waals surface area contributed by atoms with Gasteiger partial charge in [0.25, 0.3) is 0 Å². The summed E-state index contributed by atoms with van der Waals surface area (Å²) in [4.78, 5) is 0. The van der Waals surface area contributed by atoms with Crippen molar-refractivity contribution in [3.63, 3.8) is 0 Å². The second-order valence-corrected chi connectivity index (χ2v) is 1.74. The third-order valence-corrected chi connectivity index (χ3v) is 0.980. The van der Waals surface area contributed by atoms with Crippen LogP contribution in [0.25, 0.3) is 0 Å². The number of hydrogen-bond acceptors (Lipinski definition) is 0. The molecule has 1 atom stereocenters. The average Bonchev–Trinajstić information content (AvgIpc) is 1.93. The number of rotatable bonds is 0. The predicted octanol–water partition coefficient (Wildman–Crippen LogP) is 2.30. The zero-order valence-corrected chi connectivity index (χ0v) is 4.72. The van der Waals surface area contributed by atoms with E-state index in [-0.39, 0.29) is 0 Å². The van der Waals surface area contributed by atoms with Crippen molar-refractivity contribution < 1.29 is 8.78 Å². The minimum atomic E-state index is -1.28. The fourth-order valence-corrected chi connectivity index (χ4v) is 0.581. The molecule has 1 aliphatic carbocycles. The topological polar surface area (TPSA) is 0 Å². The Balaban J connectivity index is 2.77. The van der Waals surface area contributed by atoms with Gasteiger partial charge in [-0.05, 0) is 18.2 Å². The van der Waals surface area contributed by atoms with Crippen LogP contribution in [0.5, 0.6) is 0 Å². The van der Waals surface area contributed by atoms with Crippen LogP contribution >= 0.6 is 0 Å². The highest BCUT2D eigenvalue weighted by Gasteiger charge is 1.99. The van der Waals surface area contributed by atoms with Gasteiger partial charge in [-0.2, -0.15) is 0 Å². The molecule has 0 aromatic carbocycles. The molecular weight excluding hydrogens is 122 g/mol. The maximum absolute atomic E-state index is 12.3. The Labute approximate surface area is 52.2 Å². The number of allylic oxidation sites excluding steroid dienone is 6. The summed E-state index contributed by atoms with van der Waals surface area (Å²) in [5.74, 6) is -0.521. The lowest BCUT2D eigenvalue weighted by molar-refractivity contribution is 0.461. The minimum absolute atomic E-state index is 0.521. The Morgan fingerprint density at radius 1 is 1.33 bits per heavy atom. The molecule has 0 aliphatic heterocycles. The number of halogens is 2. The summed E-state index contributed by atoms with van der Waals surface area (Å²) in [6, 6.07) is 0. The molecule has 48 valence electrons. The smallest absolute Gasteiger partial charge is 0.140 e. The highest BCUT2D eigenvalue weighted by molar-refractivity contribution is 5.24. The van der Waals surface area contributed by atoms with Crippen molar-refractivity contribution in [2.75, 3.05) is 0 Å². The van der Waals surface area contributed by atoms with Crippen LogP contribution in [0.4, 0.5) is 8.78 Å². The Morgan fingerprint density at radius 3 is 2.89 bits per heavy atom. The van der Waals surface area contributed by atoms with Crippen molar-refractivity contribution in [2.45, 2.75) is 6.17 Å². The normalized spacial score (nSPS) is 25.6. The summed E-state index contributed by atoms with van der Waals surface area (Å²) in [6.07, 6.45) is 5.08. The summed E-state index contributed by atoms with van der Waals surface area (Å²) in [5.41, 5.74) is 0. The van der Waals surface area contributed by atoms with Gasteiger partial charge < -0.3 is 0 Å². The summed E-state index contributed by atoms with van der Waals surface area (Å²) in [6.45, 7) is 0. The van der Waals surface area contributed by atoms with Crippen molar-refractivity contribution >= 4 is 0 Å². The number of alkyl halides is 1. The van der Waals surface area contributed by atoms with E-state index in [1.807, 2.05) is 0 Å². The molecule has 0 spiro atoms. The van der Waals surface area contributed by atoms with Gasteiger partial charge in [0, 0.05) is 0 Å². The molecule has 1 rings (SSSR count). The first-order chi connectivity index (χ1) is 4.29. The van der Waals surface area contributed by atoms with Crippen molar-refractivity contribution in [1.29, 1.82) is 0 Å². The van der Waals surface area contributed by atoms with Gasteiger partial charge in [0.15, 0.2) is 0 Å². The number of hydrogen-bond donors (Lipinski definition) is 0. The monoisotopic (exact) mass is 128 g/mol. The molecule has 0 saturated carbocycles. The van der Waals surface area contributed by atoms with Gasteiger partial charge in [0.2, 0.25) is 0 Å². The van der Waals surface area contributed by atoms with Crippen LogP contribution in [0.15, 0.2) is 36.2 Å². The molecule has 2 heteroatoms. The first kappa shape index (κ1) is 6.20. The summed E-state index contributed by atoms with van der Waals surface area (Å²) < 4.78 is 24.4. The van der Waals surface area contributed by atoms with E-state index < -0.39 is 12.0 Å². The Hall–Kier alpha value is -0.920. The Kier molecular flexibility index (Phi) is 1.78. The zero-order valence-electron chi connectivity index (χ0n) is 4.72. The van der Waals surface area contributed by atoms with E-state index in [1.54, 1.807) is 0 Å². The third kappa shape index (κ3) is 1.80. The first-order valence-electron chi connectivity index (χ1n) is 2.65. The van der Waals surface area contributed by atoms with E-state index in [4.69, 9.17) is 0 Å². The molecule has 0 heterocycles. The Bertz CT molecular complexity index is 177. The standard InChI is InChI=1S/C7H6F2/c8-6-3-1-2-4-7(9)5-6/h1-6H. The second kappa shape index (κ2) is 2.58. The third-order valence-electron chi connectivity index (χ3n) is 0.980. The van der Waals surface area contributed by atoms with Gasteiger partial charge in [-0.15, -0.1) is 0 Å². The molecule has 0 amide bonds. The first-order valence-corrected chi connectivity index (χ1v) is 2.65. The lowest BCUT2D eigenvalue weighted by Crippen LogP contribution is -1.86. The highest BCUT2D eigenvalue weighted by atomic mass is 19.1. The SMILES string of the molecule is FC1=CC(F)C=CC=C1. The van der Waals surface area contributed by atoms with Crippen LogP contribution in [0.2, 0.25) is 0 Å². The minimum Gasteiger partial charge on any atom is -0.238 e. The van der Waals surface area contributed by atoms with Gasteiger partial charge in [0.1, 0.15) is 12.0 Å². The van der Waals surface area contributed by atoms with E-state index >= 15 is 0 Å². The average molecular weight is 128 g/mol. The van der Waals surface area contributed by atoms with E-state index in [2.05, 4.69) is 0 Å². The van der Waals surface area contributed by atoms with Crippen molar-refractivity contribution in [1.82, 2.24) is 0 Å². The van der Waals surface area contributed by atoms with Gasteiger partial charge >= 0.3 is 0 Å². The molecule has 0 bridgehead atoms. The van der Waals surface area contributed by atoms with E-state index in [0.29, 0.717) is 0 Å². The predicted molar refractivity (Wildman–Crippen MR) is 32.4 cm³/mol. The van der Waals surface area contributed by atoms with Crippen LogP contribution in [-0.4, -0.2) is 6.17 Å². The molecule has 0 radical (unpaired) electrons. The molecule has 0 aromatic heterocycles. The lowest BCUT2D eigenvalue weighted by atomic mass is 10.3. The largest absolute Gasteiger partial charge is 0.238 e. The second-order valence-electron chi connectivity index (χ2n) is 1.74. The van der Waals surface area contributed by atoms with Gasteiger partial charge in [-0.1, -0.05) is 12.2 Å². The van der Waals surface area contributed by atoms with Crippen LogP contribution in [0.3, 0.4) is 0 Å². The van der Waals surface area contributed by atoms with Crippen molar-refractivity contribution in [3.8, 4) is 0 Å².